The molecular formula is C13H18Cl2N4O. The summed E-state index contributed by atoms with van der Waals surface area (Å²) in [6, 6.07) is 1.70. The average molecular weight is 317 g/mol. The van der Waals surface area contributed by atoms with Crippen molar-refractivity contribution in [3.63, 3.8) is 0 Å². The summed E-state index contributed by atoms with van der Waals surface area (Å²) < 4.78 is 0. The molecule has 1 aliphatic rings. The number of hydrogen-bond acceptors (Lipinski definition) is 4. The predicted octanol–water partition coefficient (Wildman–Crippen LogP) is 2.52. The highest BCUT2D eigenvalue weighted by Gasteiger charge is 2.25. The Balaban J connectivity index is 2.17. The molecule has 0 aliphatic carbocycles. The third-order valence-electron chi connectivity index (χ3n) is 3.45. The lowest BCUT2D eigenvalue weighted by atomic mass is 9.96. The Labute approximate surface area is 128 Å². The van der Waals surface area contributed by atoms with Crippen LogP contribution in [0.4, 0.5) is 11.6 Å². The van der Waals surface area contributed by atoms with Crippen LogP contribution < -0.4 is 16.0 Å². The van der Waals surface area contributed by atoms with E-state index in [1.165, 1.54) is 0 Å². The second-order valence-electron chi connectivity index (χ2n) is 4.82. The first-order chi connectivity index (χ1) is 9.52. The maximum atomic E-state index is 11.2. The Bertz CT molecular complexity index is 501. The molecule has 110 valence electrons. The summed E-state index contributed by atoms with van der Waals surface area (Å²) in [5.74, 6) is 1.05. The molecule has 3 N–H and O–H groups in total. The number of halogens is 2. The van der Waals surface area contributed by atoms with Crippen LogP contribution in [0.15, 0.2) is 6.07 Å². The SMILES string of the molecule is CCNc1nc(N2CCC(C(N)=O)CC2)c(Cl)cc1Cl. The van der Waals surface area contributed by atoms with E-state index in [1.54, 1.807) is 6.07 Å². The first-order valence-corrected chi connectivity index (χ1v) is 7.42. The van der Waals surface area contributed by atoms with Crippen LogP contribution in [0.1, 0.15) is 19.8 Å². The molecule has 1 aromatic rings. The van der Waals surface area contributed by atoms with Crippen molar-refractivity contribution in [3.8, 4) is 0 Å². The average Bonchev–Trinajstić information content (AvgIpc) is 2.42. The van der Waals surface area contributed by atoms with Crippen LogP contribution in [0.25, 0.3) is 0 Å². The van der Waals surface area contributed by atoms with Gasteiger partial charge in [-0.1, -0.05) is 23.2 Å². The standard InChI is InChI=1S/C13H18Cl2N4O/c1-2-17-12-9(14)7-10(15)13(18-12)19-5-3-8(4-6-19)11(16)20/h7-8H,2-6H2,1H3,(H2,16,20)(H,17,18). The predicted molar refractivity (Wildman–Crippen MR) is 82.6 cm³/mol. The van der Waals surface area contributed by atoms with Crippen LogP contribution in [0, 0.1) is 5.92 Å². The molecular weight excluding hydrogens is 299 g/mol. The molecule has 2 rings (SSSR count). The van der Waals surface area contributed by atoms with Gasteiger partial charge in [0.1, 0.15) is 11.6 Å². The van der Waals surface area contributed by atoms with Crippen molar-refractivity contribution in [1.29, 1.82) is 0 Å². The Morgan fingerprint density at radius 1 is 1.45 bits per heavy atom. The second kappa shape index (κ2) is 6.50. The van der Waals surface area contributed by atoms with Gasteiger partial charge in [-0.05, 0) is 25.8 Å². The summed E-state index contributed by atoms with van der Waals surface area (Å²) in [5, 5.41) is 4.14. The normalized spacial score (nSPS) is 16.2. The molecule has 7 heteroatoms. The van der Waals surface area contributed by atoms with Gasteiger partial charge in [0.25, 0.3) is 0 Å². The molecule has 0 spiro atoms. The fourth-order valence-corrected chi connectivity index (χ4v) is 2.89. The van der Waals surface area contributed by atoms with Crippen molar-refractivity contribution in [2.75, 3.05) is 29.9 Å². The number of amides is 1. The van der Waals surface area contributed by atoms with Crippen molar-refractivity contribution < 1.29 is 4.79 Å². The van der Waals surface area contributed by atoms with Crippen LogP contribution in [-0.2, 0) is 4.79 Å². The van der Waals surface area contributed by atoms with Crippen molar-refractivity contribution in [1.82, 2.24) is 4.98 Å². The fourth-order valence-electron chi connectivity index (χ4n) is 2.35. The highest BCUT2D eigenvalue weighted by Crippen LogP contribution is 2.33. The van der Waals surface area contributed by atoms with Crippen molar-refractivity contribution in [2.45, 2.75) is 19.8 Å². The van der Waals surface area contributed by atoms with E-state index in [1.807, 2.05) is 6.92 Å². The number of carbonyl (C=O) groups is 1. The van der Waals surface area contributed by atoms with E-state index in [9.17, 15) is 4.79 Å². The molecule has 0 bridgehead atoms. The number of anilines is 2. The molecule has 0 aromatic carbocycles. The lowest BCUT2D eigenvalue weighted by Crippen LogP contribution is -2.39. The summed E-state index contributed by atoms with van der Waals surface area (Å²) in [7, 11) is 0. The van der Waals surface area contributed by atoms with Crippen LogP contribution in [0.2, 0.25) is 10.0 Å². The van der Waals surface area contributed by atoms with Crippen LogP contribution in [-0.4, -0.2) is 30.5 Å². The summed E-state index contributed by atoms with van der Waals surface area (Å²) >= 11 is 12.3. The molecule has 2 heterocycles. The van der Waals surface area contributed by atoms with E-state index >= 15 is 0 Å². The second-order valence-corrected chi connectivity index (χ2v) is 5.63. The van der Waals surface area contributed by atoms with Gasteiger partial charge in [-0.25, -0.2) is 4.98 Å². The van der Waals surface area contributed by atoms with Gasteiger partial charge in [-0.3, -0.25) is 4.79 Å². The molecule has 1 aromatic heterocycles. The number of primary amides is 1. The van der Waals surface area contributed by atoms with E-state index in [4.69, 9.17) is 28.9 Å². The Morgan fingerprint density at radius 2 is 2.10 bits per heavy atom. The van der Waals surface area contributed by atoms with Gasteiger partial charge in [0, 0.05) is 25.6 Å². The Kier molecular flexibility index (Phi) is 4.94. The number of nitrogens with one attached hydrogen (secondary N) is 1. The van der Waals surface area contributed by atoms with Gasteiger partial charge >= 0.3 is 0 Å². The molecule has 1 fully saturated rings. The first kappa shape index (κ1) is 15.2. The number of hydrogen-bond donors (Lipinski definition) is 2. The molecule has 0 atom stereocenters. The van der Waals surface area contributed by atoms with Crippen molar-refractivity contribution in [3.05, 3.63) is 16.1 Å². The minimum absolute atomic E-state index is 0.0504. The van der Waals surface area contributed by atoms with Crippen molar-refractivity contribution in [2.24, 2.45) is 11.7 Å². The summed E-state index contributed by atoms with van der Waals surface area (Å²) in [6.07, 6.45) is 1.46. The zero-order chi connectivity index (χ0) is 14.7. The maximum Gasteiger partial charge on any atom is 0.220 e. The lowest BCUT2D eigenvalue weighted by molar-refractivity contribution is -0.122. The highest BCUT2D eigenvalue weighted by molar-refractivity contribution is 6.37. The molecule has 1 saturated heterocycles. The topological polar surface area (TPSA) is 71.2 Å². The van der Waals surface area contributed by atoms with Gasteiger partial charge in [0.2, 0.25) is 5.91 Å². The minimum atomic E-state index is -0.229. The number of nitrogens with zero attached hydrogens (tertiary/aromatic N) is 2. The molecule has 5 nitrogen and oxygen atoms in total. The molecule has 0 radical (unpaired) electrons. The molecule has 0 unspecified atom stereocenters. The number of nitrogens with two attached hydrogens (primary N) is 1. The first-order valence-electron chi connectivity index (χ1n) is 6.67. The smallest absolute Gasteiger partial charge is 0.220 e. The molecule has 1 aliphatic heterocycles. The zero-order valence-electron chi connectivity index (χ0n) is 11.3. The zero-order valence-corrected chi connectivity index (χ0v) is 12.8. The third kappa shape index (κ3) is 3.27. The Hall–Kier alpha value is -1.20. The number of aromatic nitrogens is 1. The number of piperidine rings is 1. The van der Waals surface area contributed by atoms with Gasteiger partial charge in [0.05, 0.1) is 10.0 Å². The number of rotatable bonds is 4. The number of pyridine rings is 1. The van der Waals surface area contributed by atoms with Gasteiger partial charge in [0.15, 0.2) is 0 Å². The number of carbonyl (C=O) groups excluding carboxylic acids is 1. The third-order valence-corrected chi connectivity index (χ3v) is 4.02. The van der Waals surface area contributed by atoms with Gasteiger partial charge in [-0.2, -0.15) is 0 Å². The largest absolute Gasteiger partial charge is 0.369 e. The fraction of sp³-hybridized carbons (Fsp3) is 0.538. The van der Waals surface area contributed by atoms with E-state index in [0.29, 0.717) is 34.8 Å². The summed E-state index contributed by atoms with van der Waals surface area (Å²) in [5.41, 5.74) is 5.34. The molecule has 20 heavy (non-hydrogen) atoms. The van der Waals surface area contributed by atoms with Crippen LogP contribution in [0.5, 0.6) is 0 Å². The van der Waals surface area contributed by atoms with E-state index < -0.39 is 0 Å². The van der Waals surface area contributed by atoms with E-state index in [2.05, 4.69) is 15.2 Å². The van der Waals surface area contributed by atoms with Crippen LogP contribution in [0.3, 0.4) is 0 Å². The highest BCUT2D eigenvalue weighted by atomic mass is 35.5. The summed E-state index contributed by atoms with van der Waals surface area (Å²) in [6.45, 7) is 4.14. The quantitative estimate of drug-likeness (QED) is 0.895. The van der Waals surface area contributed by atoms with Gasteiger partial charge in [-0.15, -0.1) is 0 Å². The minimum Gasteiger partial charge on any atom is -0.369 e. The van der Waals surface area contributed by atoms with E-state index in [-0.39, 0.29) is 11.8 Å². The van der Waals surface area contributed by atoms with Crippen molar-refractivity contribution >= 4 is 40.7 Å². The summed E-state index contributed by atoms with van der Waals surface area (Å²) in [4.78, 5) is 17.7. The maximum absolute atomic E-state index is 11.2. The monoisotopic (exact) mass is 316 g/mol. The lowest BCUT2D eigenvalue weighted by Gasteiger charge is -2.32. The molecule has 1 amide bonds. The van der Waals surface area contributed by atoms with E-state index in [0.717, 1.165) is 19.4 Å². The van der Waals surface area contributed by atoms with Crippen LogP contribution >= 0.6 is 23.2 Å². The van der Waals surface area contributed by atoms with Gasteiger partial charge < -0.3 is 16.0 Å². The molecule has 0 saturated carbocycles. The Morgan fingerprint density at radius 3 is 2.65 bits per heavy atom.